The number of aromatic nitrogens is 2. The second-order valence-corrected chi connectivity index (χ2v) is 7.41. The average Bonchev–Trinajstić information content (AvgIpc) is 3.03. The largest absolute Gasteiger partial charge is 0.508 e. The summed E-state index contributed by atoms with van der Waals surface area (Å²) in [7, 11) is 5.51. The Morgan fingerprint density at radius 2 is 1.87 bits per heavy atom. The van der Waals surface area contributed by atoms with Crippen molar-refractivity contribution in [3.05, 3.63) is 54.0 Å². The highest BCUT2D eigenvalue weighted by molar-refractivity contribution is 6.00. The van der Waals surface area contributed by atoms with E-state index in [0.29, 0.717) is 41.4 Å². The van der Waals surface area contributed by atoms with Gasteiger partial charge in [-0.25, -0.2) is 9.18 Å². The van der Waals surface area contributed by atoms with Crippen molar-refractivity contribution < 1.29 is 19.0 Å². The number of rotatable bonds is 7. The first-order valence-corrected chi connectivity index (χ1v) is 9.71. The molecule has 1 heterocycles. The molecular weight excluding hydrogens is 401 g/mol. The summed E-state index contributed by atoms with van der Waals surface area (Å²) in [5.74, 6) is 0.0847. The van der Waals surface area contributed by atoms with Crippen molar-refractivity contribution in [3.63, 3.8) is 0 Å². The fraction of sp³-hybridized carbons (Fsp3) is 0.273. The Morgan fingerprint density at radius 3 is 2.48 bits per heavy atom. The molecule has 2 amide bonds. The Kier molecular flexibility index (Phi) is 6.76. The topological polar surface area (TPSA) is 91.7 Å². The van der Waals surface area contributed by atoms with Crippen LogP contribution in [0.4, 0.5) is 20.6 Å². The Morgan fingerprint density at radius 1 is 1.19 bits per heavy atom. The second kappa shape index (κ2) is 9.48. The number of nitrogens with one attached hydrogen (secondary N) is 2. The van der Waals surface area contributed by atoms with Crippen molar-refractivity contribution >= 4 is 17.4 Å². The molecule has 1 aromatic heterocycles. The Hall–Kier alpha value is -3.59. The molecule has 3 rings (SSSR count). The van der Waals surface area contributed by atoms with Gasteiger partial charge >= 0.3 is 6.03 Å². The van der Waals surface area contributed by atoms with Gasteiger partial charge in [-0.15, -0.1) is 0 Å². The zero-order chi connectivity index (χ0) is 22.5. The maximum Gasteiger partial charge on any atom is 0.323 e. The fourth-order valence-electron chi connectivity index (χ4n) is 2.95. The molecule has 0 aliphatic heterocycles. The van der Waals surface area contributed by atoms with E-state index >= 15 is 0 Å². The normalized spacial score (nSPS) is 10.9. The highest BCUT2D eigenvalue weighted by atomic mass is 19.1. The molecule has 0 unspecified atom stereocenters. The number of ether oxygens (including phenoxy) is 1. The number of nitrogens with zero attached hydrogens (tertiary/aromatic N) is 3. The summed E-state index contributed by atoms with van der Waals surface area (Å²) in [6.45, 7) is 2.88. The summed E-state index contributed by atoms with van der Waals surface area (Å²) in [5.41, 5.74) is 2.33. The zero-order valence-electron chi connectivity index (χ0n) is 17.9. The van der Waals surface area contributed by atoms with Gasteiger partial charge in [0.05, 0.1) is 6.20 Å². The van der Waals surface area contributed by atoms with Gasteiger partial charge in [0.25, 0.3) is 0 Å². The van der Waals surface area contributed by atoms with Gasteiger partial charge in [0.2, 0.25) is 0 Å². The third kappa shape index (κ3) is 5.52. The van der Waals surface area contributed by atoms with E-state index in [2.05, 4.69) is 15.7 Å². The smallest absolute Gasteiger partial charge is 0.323 e. The number of hydrogen-bond donors (Lipinski definition) is 3. The number of hydrogen-bond acceptors (Lipinski definition) is 5. The van der Waals surface area contributed by atoms with Gasteiger partial charge in [0.1, 0.15) is 23.8 Å². The molecule has 0 saturated carbocycles. The van der Waals surface area contributed by atoms with Crippen molar-refractivity contribution in [1.29, 1.82) is 0 Å². The summed E-state index contributed by atoms with van der Waals surface area (Å²) in [6.07, 6.45) is 1.13. The second-order valence-electron chi connectivity index (χ2n) is 7.41. The SMILES string of the molecule is Cc1ccc(NC(=O)Nc2ccc(OCCN(C)C)c(-c3c(F)cnn3C)c2)cc1O. The van der Waals surface area contributed by atoms with Crippen LogP contribution in [0.5, 0.6) is 11.5 Å². The first-order chi connectivity index (χ1) is 14.7. The van der Waals surface area contributed by atoms with E-state index in [4.69, 9.17) is 4.74 Å². The number of carbonyl (C=O) groups is 1. The number of carbonyl (C=O) groups excluding carboxylic acids is 1. The maximum absolute atomic E-state index is 14.4. The van der Waals surface area contributed by atoms with Gasteiger partial charge in [-0.1, -0.05) is 6.07 Å². The molecule has 8 nitrogen and oxygen atoms in total. The van der Waals surface area contributed by atoms with Crippen molar-refractivity contribution in [1.82, 2.24) is 14.7 Å². The van der Waals surface area contributed by atoms with Gasteiger partial charge in [0.15, 0.2) is 5.82 Å². The van der Waals surface area contributed by atoms with Crippen LogP contribution in [0.25, 0.3) is 11.3 Å². The highest BCUT2D eigenvalue weighted by Gasteiger charge is 2.17. The van der Waals surface area contributed by atoms with Crippen LogP contribution < -0.4 is 15.4 Å². The van der Waals surface area contributed by atoms with E-state index in [9.17, 15) is 14.3 Å². The lowest BCUT2D eigenvalue weighted by atomic mass is 10.1. The summed E-state index contributed by atoms with van der Waals surface area (Å²) in [4.78, 5) is 14.4. The molecule has 0 fully saturated rings. The highest BCUT2D eigenvalue weighted by Crippen LogP contribution is 2.34. The number of likely N-dealkylation sites (N-methyl/N-ethyl adjacent to an activating group) is 1. The van der Waals surface area contributed by atoms with E-state index in [1.165, 1.54) is 10.7 Å². The van der Waals surface area contributed by atoms with Crippen molar-refractivity contribution in [2.75, 3.05) is 37.9 Å². The van der Waals surface area contributed by atoms with Crippen LogP contribution in [-0.2, 0) is 7.05 Å². The molecule has 9 heteroatoms. The van der Waals surface area contributed by atoms with Crippen LogP contribution in [0.3, 0.4) is 0 Å². The number of halogens is 1. The number of aromatic hydroxyl groups is 1. The minimum Gasteiger partial charge on any atom is -0.508 e. The number of benzene rings is 2. The number of urea groups is 1. The number of amides is 2. The lowest BCUT2D eigenvalue weighted by Crippen LogP contribution is -2.20. The van der Waals surface area contributed by atoms with Gasteiger partial charge in [-0.05, 0) is 50.8 Å². The van der Waals surface area contributed by atoms with Crippen molar-refractivity contribution in [2.45, 2.75) is 6.92 Å². The average molecular weight is 427 g/mol. The number of phenolic OH excluding ortho intramolecular Hbond substituents is 1. The summed E-state index contributed by atoms with van der Waals surface area (Å²) in [5, 5.41) is 19.1. The fourth-order valence-corrected chi connectivity index (χ4v) is 2.95. The maximum atomic E-state index is 14.4. The molecule has 0 spiro atoms. The standard InChI is InChI=1S/C22H26FN5O3/c1-14-5-6-16(12-19(14)29)26-22(30)25-15-7-8-20(31-10-9-27(2)3)17(11-15)21-18(23)13-24-28(21)4/h5-8,11-13,29H,9-10H2,1-4H3,(H2,25,26,30). The molecule has 0 bridgehead atoms. The Bertz CT molecular complexity index is 1060. The summed E-state index contributed by atoms with van der Waals surface area (Å²) < 4.78 is 21.7. The van der Waals surface area contributed by atoms with Crippen LogP contribution in [-0.4, -0.2) is 53.1 Å². The number of phenols is 1. The van der Waals surface area contributed by atoms with Gasteiger partial charge in [-0.3, -0.25) is 4.68 Å². The lowest BCUT2D eigenvalue weighted by Gasteiger charge is -2.16. The first kappa shape index (κ1) is 22.1. The molecule has 0 saturated heterocycles. The van der Waals surface area contributed by atoms with Crippen molar-refractivity contribution in [2.24, 2.45) is 7.05 Å². The Balaban J connectivity index is 1.83. The van der Waals surface area contributed by atoms with E-state index in [-0.39, 0.29) is 11.4 Å². The first-order valence-electron chi connectivity index (χ1n) is 9.71. The minimum atomic E-state index is -0.499. The zero-order valence-corrected chi connectivity index (χ0v) is 17.9. The predicted octanol–water partition coefficient (Wildman–Crippen LogP) is 3.82. The van der Waals surface area contributed by atoms with E-state index in [0.717, 1.165) is 6.20 Å². The summed E-state index contributed by atoms with van der Waals surface area (Å²) in [6, 6.07) is 9.35. The molecular formula is C22H26FN5O3. The third-order valence-corrected chi connectivity index (χ3v) is 4.65. The van der Waals surface area contributed by atoms with Crippen LogP contribution in [0.1, 0.15) is 5.56 Å². The van der Waals surface area contributed by atoms with E-state index < -0.39 is 11.8 Å². The number of aryl methyl sites for hydroxylation is 2. The molecule has 0 aliphatic carbocycles. The molecule has 31 heavy (non-hydrogen) atoms. The lowest BCUT2D eigenvalue weighted by molar-refractivity contribution is 0.261. The molecule has 0 atom stereocenters. The van der Waals surface area contributed by atoms with Gasteiger partial charge < -0.3 is 25.4 Å². The van der Waals surface area contributed by atoms with Crippen LogP contribution in [0.15, 0.2) is 42.6 Å². The van der Waals surface area contributed by atoms with Crippen molar-refractivity contribution in [3.8, 4) is 22.8 Å². The monoisotopic (exact) mass is 427 g/mol. The molecule has 3 N–H and O–H groups in total. The number of anilines is 2. The molecule has 164 valence electrons. The van der Waals surface area contributed by atoms with Crippen LogP contribution in [0.2, 0.25) is 0 Å². The third-order valence-electron chi connectivity index (χ3n) is 4.65. The van der Waals surface area contributed by atoms with Gasteiger partial charge in [0, 0.05) is 36.6 Å². The van der Waals surface area contributed by atoms with Crippen LogP contribution >= 0.6 is 0 Å². The molecule has 0 aliphatic rings. The van der Waals surface area contributed by atoms with E-state index in [1.54, 1.807) is 44.3 Å². The van der Waals surface area contributed by atoms with Gasteiger partial charge in [-0.2, -0.15) is 5.10 Å². The quantitative estimate of drug-likeness (QED) is 0.533. The van der Waals surface area contributed by atoms with E-state index in [1.807, 2.05) is 19.0 Å². The predicted molar refractivity (Wildman–Crippen MR) is 118 cm³/mol. The summed E-state index contributed by atoms with van der Waals surface area (Å²) >= 11 is 0. The molecule has 0 radical (unpaired) electrons. The molecule has 3 aromatic rings. The Labute approximate surface area is 180 Å². The minimum absolute atomic E-state index is 0.0889. The molecule has 2 aromatic carbocycles. The van der Waals surface area contributed by atoms with Crippen LogP contribution in [0, 0.1) is 12.7 Å².